The molecule has 1 aliphatic rings. The number of nitrogens with zero attached hydrogens (tertiary/aromatic N) is 1. The summed E-state index contributed by atoms with van der Waals surface area (Å²) in [6.07, 6.45) is 2.41. The molecule has 2 N–H and O–H groups in total. The lowest BCUT2D eigenvalue weighted by molar-refractivity contribution is -0.143. The van der Waals surface area contributed by atoms with Crippen LogP contribution in [0.4, 0.5) is 0 Å². The molecule has 2 heterocycles. The fraction of sp³-hybridized carbons (Fsp3) is 0.429. The molecule has 0 radical (unpaired) electrons. The van der Waals surface area contributed by atoms with Crippen LogP contribution in [0.25, 0.3) is 11.0 Å². The normalized spacial score (nSPS) is 14.9. The number of fused-ring (bicyclic) bond motifs is 1. The van der Waals surface area contributed by atoms with Gasteiger partial charge in [0.2, 0.25) is 0 Å². The van der Waals surface area contributed by atoms with Crippen molar-refractivity contribution in [2.45, 2.75) is 58.7 Å². The molecule has 0 bridgehead atoms. The Morgan fingerprint density at radius 3 is 2.60 bits per heavy atom. The van der Waals surface area contributed by atoms with Crippen LogP contribution in [0.15, 0.2) is 51.7 Å². The molecule has 0 saturated carbocycles. The number of likely N-dealkylation sites (tertiary alicyclic amines) is 1. The highest BCUT2D eigenvalue weighted by molar-refractivity contribution is 5.86. The maximum Gasteiger partial charge on any atom is 0.339 e. The minimum atomic E-state index is -0.472. The van der Waals surface area contributed by atoms with Crippen LogP contribution in [-0.2, 0) is 29.0 Å². The molecule has 0 unspecified atom stereocenters. The van der Waals surface area contributed by atoms with Gasteiger partial charge in [0.1, 0.15) is 11.3 Å². The summed E-state index contributed by atoms with van der Waals surface area (Å²) in [7, 11) is 0. The molecule has 4 rings (SSSR count). The van der Waals surface area contributed by atoms with Crippen molar-refractivity contribution in [3.63, 3.8) is 0 Å². The van der Waals surface area contributed by atoms with E-state index < -0.39 is 5.63 Å². The number of carbonyl (C=O) groups is 1. The number of rotatable bonds is 9. The third-order valence-electron chi connectivity index (χ3n) is 6.82. The summed E-state index contributed by atoms with van der Waals surface area (Å²) in [6, 6.07) is 14.2. The van der Waals surface area contributed by atoms with Crippen molar-refractivity contribution in [1.29, 1.82) is 0 Å². The highest BCUT2D eigenvalue weighted by atomic mass is 16.5. The van der Waals surface area contributed by atoms with Gasteiger partial charge < -0.3 is 19.6 Å². The van der Waals surface area contributed by atoms with Crippen LogP contribution in [0.2, 0.25) is 0 Å². The summed E-state index contributed by atoms with van der Waals surface area (Å²) in [5, 5.41) is 14.9. The van der Waals surface area contributed by atoms with Crippen molar-refractivity contribution in [1.82, 2.24) is 10.2 Å². The average molecular weight is 479 g/mol. The molecule has 1 aliphatic heterocycles. The van der Waals surface area contributed by atoms with Gasteiger partial charge in [0.25, 0.3) is 0 Å². The van der Waals surface area contributed by atoms with Gasteiger partial charge in [0.05, 0.1) is 12.2 Å². The second-order valence-corrected chi connectivity index (χ2v) is 9.15. The van der Waals surface area contributed by atoms with E-state index in [1.165, 1.54) is 5.56 Å². The van der Waals surface area contributed by atoms with Gasteiger partial charge in [-0.3, -0.25) is 9.69 Å². The van der Waals surface area contributed by atoms with E-state index in [2.05, 4.69) is 34.5 Å². The standard InChI is InChI=1S/C28H34N2O5/c1-3-34-26(32)12-10-23-19(2)22-9-11-25(31)24(27(22)35-28(23)33)17-29-21-13-15-30(16-14-21)18-20-7-5-4-6-8-20/h4-9,11,21,29,31H,3,10,12-18H2,1-2H3. The van der Waals surface area contributed by atoms with Gasteiger partial charge in [-0.1, -0.05) is 30.3 Å². The number of hydrogen-bond donors (Lipinski definition) is 2. The van der Waals surface area contributed by atoms with Crippen molar-refractivity contribution in [2.75, 3.05) is 19.7 Å². The van der Waals surface area contributed by atoms with Gasteiger partial charge >= 0.3 is 11.6 Å². The van der Waals surface area contributed by atoms with Gasteiger partial charge in [0, 0.05) is 36.5 Å². The zero-order valence-electron chi connectivity index (χ0n) is 20.5. The molecule has 1 saturated heterocycles. The summed E-state index contributed by atoms with van der Waals surface area (Å²) in [6.45, 7) is 7.31. The van der Waals surface area contributed by atoms with Gasteiger partial charge in [-0.05, 0) is 69.5 Å². The number of aromatic hydroxyl groups is 1. The Kier molecular flexibility index (Phi) is 8.21. The molecular weight excluding hydrogens is 444 g/mol. The topological polar surface area (TPSA) is 92.0 Å². The van der Waals surface area contributed by atoms with Crippen LogP contribution in [0.3, 0.4) is 0 Å². The van der Waals surface area contributed by atoms with Crippen LogP contribution in [0.1, 0.15) is 48.4 Å². The van der Waals surface area contributed by atoms with Gasteiger partial charge in [-0.25, -0.2) is 4.79 Å². The maximum absolute atomic E-state index is 12.8. The molecule has 3 aromatic rings. The van der Waals surface area contributed by atoms with E-state index in [4.69, 9.17) is 9.15 Å². The van der Waals surface area contributed by atoms with Crippen LogP contribution in [0.5, 0.6) is 5.75 Å². The monoisotopic (exact) mass is 478 g/mol. The Hall–Kier alpha value is -3.16. The van der Waals surface area contributed by atoms with E-state index in [1.807, 2.05) is 13.0 Å². The van der Waals surface area contributed by atoms with Crippen LogP contribution in [-0.4, -0.2) is 41.7 Å². The molecule has 1 aromatic heterocycles. The Labute approximate surface area is 205 Å². The van der Waals surface area contributed by atoms with Crippen LogP contribution < -0.4 is 10.9 Å². The number of ether oxygens (including phenoxy) is 1. The summed E-state index contributed by atoms with van der Waals surface area (Å²) < 4.78 is 10.7. The molecule has 186 valence electrons. The van der Waals surface area contributed by atoms with E-state index in [0.717, 1.165) is 43.4 Å². The fourth-order valence-electron chi connectivity index (χ4n) is 4.80. The molecule has 7 heteroatoms. The van der Waals surface area contributed by atoms with Gasteiger partial charge in [-0.15, -0.1) is 0 Å². The van der Waals surface area contributed by atoms with Crippen molar-refractivity contribution >= 4 is 16.9 Å². The molecule has 0 amide bonds. The third-order valence-corrected chi connectivity index (χ3v) is 6.82. The smallest absolute Gasteiger partial charge is 0.339 e. The van der Waals surface area contributed by atoms with E-state index >= 15 is 0 Å². The first-order chi connectivity index (χ1) is 17.0. The predicted molar refractivity (Wildman–Crippen MR) is 135 cm³/mol. The third kappa shape index (κ3) is 6.10. The highest BCUT2D eigenvalue weighted by Crippen LogP contribution is 2.30. The first kappa shape index (κ1) is 24.9. The molecule has 7 nitrogen and oxygen atoms in total. The minimum Gasteiger partial charge on any atom is -0.507 e. The number of hydrogen-bond acceptors (Lipinski definition) is 7. The van der Waals surface area contributed by atoms with Gasteiger partial charge in [0.15, 0.2) is 0 Å². The van der Waals surface area contributed by atoms with Crippen molar-refractivity contribution in [3.8, 4) is 5.75 Å². The van der Waals surface area contributed by atoms with E-state index in [0.29, 0.717) is 35.9 Å². The zero-order valence-corrected chi connectivity index (χ0v) is 20.5. The van der Waals surface area contributed by atoms with E-state index in [9.17, 15) is 14.7 Å². The SMILES string of the molecule is CCOC(=O)CCc1c(C)c2ccc(O)c(CNC3CCN(Cc4ccccc4)CC3)c2oc1=O. The lowest BCUT2D eigenvalue weighted by Gasteiger charge is -2.32. The van der Waals surface area contributed by atoms with Crippen LogP contribution >= 0.6 is 0 Å². The molecule has 2 aromatic carbocycles. The first-order valence-corrected chi connectivity index (χ1v) is 12.4. The van der Waals surface area contributed by atoms with Crippen molar-refractivity contribution in [3.05, 3.63) is 75.1 Å². The zero-order chi connectivity index (χ0) is 24.8. The summed E-state index contributed by atoms with van der Waals surface area (Å²) in [5.74, 6) is -0.231. The summed E-state index contributed by atoms with van der Waals surface area (Å²) in [5.41, 5.74) is 3.09. The number of phenolic OH excluding ortho intramolecular Hbond substituents is 1. The number of carbonyl (C=O) groups excluding carboxylic acids is 1. The fourth-order valence-corrected chi connectivity index (χ4v) is 4.80. The molecule has 35 heavy (non-hydrogen) atoms. The van der Waals surface area contributed by atoms with Gasteiger partial charge in [-0.2, -0.15) is 0 Å². The Morgan fingerprint density at radius 1 is 1.14 bits per heavy atom. The lowest BCUT2D eigenvalue weighted by atomic mass is 9.99. The maximum atomic E-state index is 12.8. The second kappa shape index (κ2) is 11.5. The molecular formula is C28H34N2O5. The Balaban J connectivity index is 1.42. The first-order valence-electron chi connectivity index (χ1n) is 12.4. The Bertz CT molecular complexity index is 1210. The molecule has 0 spiro atoms. The molecule has 1 fully saturated rings. The quantitative estimate of drug-likeness (QED) is 0.354. The van der Waals surface area contributed by atoms with Crippen molar-refractivity contribution in [2.24, 2.45) is 0 Å². The second-order valence-electron chi connectivity index (χ2n) is 9.15. The molecule has 0 atom stereocenters. The Morgan fingerprint density at radius 2 is 1.89 bits per heavy atom. The number of benzene rings is 2. The number of piperidine rings is 1. The van der Waals surface area contributed by atoms with Crippen LogP contribution in [0, 0.1) is 6.92 Å². The molecule has 0 aliphatic carbocycles. The average Bonchev–Trinajstić information content (AvgIpc) is 2.85. The number of aryl methyl sites for hydroxylation is 1. The van der Waals surface area contributed by atoms with E-state index in [1.54, 1.807) is 19.1 Å². The number of nitrogens with one attached hydrogen (secondary N) is 1. The van der Waals surface area contributed by atoms with Crippen molar-refractivity contribution < 1.29 is 19.1 Å². The lowest BCUT2D eigenvalue weighted by Crippen LogP contribution is -2.41. The van der Waals surface area contributed by atoms with E-state index in [-0.39, 0.29) is 24.6 Å². The number of phenols is 1. The summed E-state index contributed by atoms with van der Waals surface area (Å²) in [4.78, 5) is 27.0. The number of esters is 1. The highest BCUT2D eigenvalue weighted by Gasteiger charge is 2.21. The summed E-state index contributed by atoms with van der Waals surface area (Å²) >= 11 is 0. The predicted octanol–water partition coefficient (Wildman–Crippen LogP) is 4.06. The largest absolute Gasteiger partial charge is 0.507 e. The minimum absolute atomic E-state index is 0.105.